The predicted molar refractivity (Wildman–Crippen MR) is 64.5 cm³/mol. The van der Waals surface area contributed by atoms with E-state index >= 15 is 0 Å². The van der Waals surface area contributed by atoms with Crippen LogP contribution >= 0.6 is 0 Å². The summed E-state index contributed by atoms with van der Waals surface area (Å²) in [5.74, 6) is -0.732. The van der Waals surface area contributed by atoms with Gasteiger partial charge >= 0.3 is 5.97 Å². The molecule has 0 aromatic heterocycles. The van der Waals surface area contributed by atoms with E-state index < -0.39 is 15.8 Å². The molecule has 1 rings (SSSR count). The van der Waals surface area contributed by atoms with Crippen molar-refractivity contribution in [1.82, 2.24) is 0 Å². The minimum Gasteiger partial charge on any atom is -0.469 e. The number of rotatable bonds is 5. The second-order valence-electron chi connectivity index (χ2n) is 3.64. The molecule has 0 radical (unpaired) electrons. The van der Waals surface area contributed by atoms with Crippen molar-refractivity contribution in [1.29, 1.82) is 0 Å². The topological polar surface area (TPSA) is 60.4 Å². The van der Waals surface area contributed by atoms with Gasteiger partial charge in [-0.1, -0.05) is 19.1 Å². The van der Waals surface area contributed by atoms with E-state index in [4.69, 9.17) is 0 Å². The highest BCUT2D eigenvalue weighted by atomic mass is 32.2. The summed E-state index contributed by atoms with van der Waals surface area (Å²) in [4.78, 5) is 11.2. The maximum Gasteiger partial charge on any atom is 0.306 e. The van der Waals surface area contributed by atoms with Crippen LogP contribution in [0.3, 0.4) is 0 Å². The Hall–Kier alpha value is -1.36. The van der Waals surface area contributed by atoms with Crippen molar-refractivity contribution in [2.24, 2.45) is 0 Å². The molecule has 0 fully saturated rings. The average molecular weight is 256 g/mol. The lowest BCUT2D eigenvalue weighted by Gasteiger charge is -2.04. The standard InChI is InChI=1S/C12H16O4S/c1-3-10-4-6-11(7-5-10)17(14,15)9-8-12(13)16-2/h4-7H,3,8-9H2,1-2H3. The first kappa shape index (κ1) is 13.7. The van der Waals surface area contributed by atoms with Gasteiger partial charge in [-0.25, -0.2) is 8.42 Å². The number of carbonyl (C=O) groups excluding carboxylic acids is 1. The Morgan fingerprint density at radius 1 is 1.24 bits per heavy atom. The summed E-state index contributed by atoms with van der Waals surface area (Å²) < 4.78 is 28.1. The molecule has 5 heteroatoms. The fourth-order valence-electron chi connectivity index (χ4n) is 1.37. The largest absolute Gasteiger partial charge is 0.469 e. The number of aryl methyl sites for hydroxylation is 1. The van der Waals surface area contributed by atoms with Crippen LogP contribution in [0.4, 0.5) is 0 Å². The van der Waals surface area contributed by atoms with Crippen LogP contribution in [0.1, 0.15) is 18.9 Å². The fourth-order valence-corrected chi connectivity index (χ4v) is 2.59. The first-order chi connectivity index (χ1) is 7.99. The highest BCUT2D eigenvalue weighted by Gasteiger charge is 2.16. The molecule has 4 nitrogen and oxygen atoms in total. The highest BCUT2D eigenvalue weighted by Crippen LogP contribution is 2.13. The Bertz CT molecular complexity index is 474. The van der Waals surface area contributed by atoms with E-state index in [0.717, 1.165) is 12.0 Å². The zero-order valence-electron chi connectivity index (χ0n) is 9.97. The predicted octanol–water partition coefficient (Wildman–Crippen LogP) is 1.59. The van der Waals surface area contributed by atoms with Crippen molar-refractivity contribution >= 4 is 15.8 Å². The molecule has 94 valence electrons. The molecular weight excluding hydrogens is 240 g/mol. The second-order valence-corrected chi connectivity index (χ2v) is 5.75. The van der Waals surface area contributed by atoms with E-state index in [9.17, 15) is 13.2 Å². The van der Waals surface area contributed by atoms with E-state index in [1.807, 2.05) is 6.92 Å². The van der Waals surface area contributed by atoms with Crippen molar-refractivity contribution < 1.29 is 17.9 Å². The maximum absolute atomic E-state index is 11.8. The Kier molecular flexibility index (Phi) is 4.69. The first-order valence-electron chi connectivity index (χ1n) is 5.38. The summed E-state index contributed by atoms with van der Waals surface area (Å²) in [5.41, 5.74) is 1.08. The molecule has 0 heterocycles. The molecule has 1 aromatic carbocycles. The van der Waals surface area contributed by atoms with Crippen LogP contribution in [-0.2, 0) is 25.8 Å². The molecular formula is C12H16O4S. The lowest BCUT2D eigenvalue weighted by molar-refractivity contribution is -0.140. The summed E-state index contributed by atoms with van der Waals surface area (Å²) in [7, 11) is -2.15. The van der Waals surface area contributed by atoms with Crippen molar-refractivity contribution in [3.63, 3.8) is 0 Å². The third kappa shape index (κ3) is 3.85. The molecule has 0 N–H and O–H groups in total. The number of hydrogen-bond donors (Lipinski definition) is 0. The molecule has 0 aliphatic rings. The Labute approximate surface area is 102 Å². The van der Waals surface area contributed by atoms with Gasteiger partial charge in [0.15, 0.2) is 9.84 Å². The maximum atomic E-state index is 11.8. The third-order valence-electron chi connectivity index (χ3n) is 2.49. The molecule has 0 saturated heterocycles. The number of carbonyl (C=O) groups is 1. The van der Waals surface area contributed by atoms with E-state index in [-0.39, 0.29) is 17.1 Å². The van der Waals surface area contributed by atoms with Crippen molar-refractivity contribution in [3.05, 3.63) is 29.8 Å². The summed E-state index contributed by atoms with van der Waals surface area (Å²) in [5, 5.41) is 0. The van der Waals surface area contributed by atoms with Gasteiger partial charge in [0, 0.05) is 0 Å². The quantitative estimate of drug-likeness (QED) is 0.750. The fraction of sp³-hybridized carbons (Fsp3) is 0.417. The van der Waals surface area contributed by atoms with E-state index in [1.165, 1.54) is 7.11 Å². The normalized spacial score (nSPS) is 11.2. The summed E-state index contributed by atoms with van der Waals surface area (Å²) in [6, 6.07) is 6.72. The van der Waals surface area contributed by atoms with Crippen LogP contribution in [-0.4, -0.2) is 27.2 Å². The molecule has 0 aliphatic heterocycles. The zero-order chi connectivity index (χ0) is 12.9. The number of esters is 1. The van der Waals surface area contributed by atoms with Gasteiger partial charge in [-0.15, -0.1) is 0 Å². The van der Waals surface area contributed by atoms with Crippen LogP contribution in [0.25, 0.3) is 0 Å². The molecule has 1 aromatic rings. The zero-order valence-corrected chi connectivity index (χ0v) is 10.8. The molecule has 0 unspecified atom stereocenters. The average Bonchev–Trinajstić information content (AvgIpc) is 2.36. The smallest absolute Gasteiger partial charge is 0.306 e. The summed E-state index contributed by atoms with van der Waals surface area (Å²) in [6.45, 7) is 2.00. The number of sulfone groups is 1. The third-order valence-corrected chi connectivity index (χ3v) is 4.23. The van der Waals surface area contributed by atoms with Crippen LogP contribution in [0.15, 0.2) is 29.2 Å². The molecule has 0 aliphatic carbocycles. The minimum atomic E-state index is -3.39. The van der Waals surface area contributed by atoms with E-state index in [2.05, 4.69) is 4.74 Å². The lowest BCUT2D eigenvalue weighted by atomic mass is 10.2. The van der Waals surface area contributed by atoms with Gasteiger partial charge in [0.25, 0.3) is 0 Å². The van der Waals surface area contributed by atoms with Gasteiger partial charge in [0.2, 0.25) is 0 Å². The molecule has 0 spiro atoms. The van der Waals surface area contributed by atoms with E-state index in [1.54, 1.807) is 24.3 Å². The Morgan fingerprint density at radius 2 is 1.82 bits per heavy atom. The van der Waals surface area contributed by atoms with Gasteiger partial charge in [-0.2, -0.15) is 0 Å². The van der Waals surface area contributed by atoms with Gasteiger partial charge in [0.05, 0.1) is 24.2 Å². The molecule has 0 saturated carbocycles. The Morgan fingerprint density at radius 3 is 2.29 bits per heavy atom. The number of methoxy groups -OCH3 is 1. The molecule has 0 atom stereocenters. The monoisotopic (exact) mass is 256 g/mol. The van der Waals surface area contributed by atoms with Gasteiger partial charge in [-0.05, 0) is 24.1 Å². The van der Waals surface area contributed by atoms with Crippen LogP contribution < -0.4 is 0 Å². The highest BCUT2D eigenvalue weighted by molar-refractivity contribution is 7.91. The molecule has 0 amide bonds. The second kappa shape index (κ2) is 5.82. The van der Waals surface area contributed by atoms with Gasteiger partial charge in [-0.3, -0.25) is 4.79 Å². The van der Waals surface area contributed by atoms with Gasteiger partial charge in [0.1, 0.15) is 0 Å². The van der Waals surface area contributed by atoms with Crippen molar-refractivity contribution in [2.45, 2.75) is 24.7 Å². The minimum absolute atomic E-state index is 0.117. The number of benzene rings is 1. The van der Waals surface area contributed by atoms with Crippen LogP contribution in [0.2, 0.25) is 0 Å². The summed E-state index contributed by atoms with van der Waals surface area (Å²) >= 11 is 0. The SMILES string of the molecule is CCc1ccc(S(=O)(=O)CCC(=O)OC)cc1. The van der Waals surface area contributed by atoms with Crippen LogP contribution in [0.5, 0.6) is 0 Å². The van der Waals surface area contributed by atoms with Gasteiger partial charge < -0.3 is 4.74 Å². The molecule has 0 bridgehead atoms. The van der Waals surface area contributed by atoms with Crippen LogP contribution in [0, 0.1) is 0 Å². The number of hydrogen-bond acceptors (Lipinski definition) is 4. The lowest BCUT2D eigenvalue weighted by Crippen LogP contribution is -2.12. The summed E-state index contributed by atoms with van der Waals surface area (Å²) in [6.07, 6.45) is 0.747. The van der Waals surface area contributed by atoms with Crippen molar-refractivity contribution in [2.75, 3.05) is 12.9 Å². The van der Waals surface area contributed by atoms with E-state index in [0.29, 0.717) is 0 Å². The van der Waals surface area contributed by atoms with Crippen molar-refractivity contribution in [3.8, 4) is 0 Å². The first-order valence-corrected chi connectivity index (χ1v) is 7.03. The number of ether oxygens (including phenoxy) is 1. The molecule has 17 heavy (non-hydrogen) atoms. The Balaban J connectivity index is 2.78.